The van der Waals surface area contributed by atoms with Crippen molar-refractivity contribution in [3.63, 3.8) is 0 Å². The predicted molar refractivity (Wildman–Crippen MR) is 130 cm³/mol. The molecule has 10 nitrogen and oxygen atoms in total. The third-order valence-electron chi connectivity index (χ3n) is 5.81. The maximum absolute atomic E-state index is 12.7. The van der Waals surface area contributed by atoms with Crippen LogP contribution in [0.2, 0.25) is 0 Å². The summed E-state index contributed by atoms with van der Waals surface area (Å²) < 4.78 is 32.1. The van der Waals surface area contributed by atoms with Crippen LogP contribution in [0, 0.1) is 0 Å². The van der Waals surface area contributed by atoms with Crippen molar-refractivity contribution in [3.05, 3.63) is 54.2 Å². The maximum atomic E-state index is 12.7. The average molecular weight is 490 g/mol. The summed E-state index contributed by atoms with van der Waals surface area (Å²) in [5, 5.41) is 14.3. The van der Waals surface area contributed by atoms with Gasteiger partial charge in [0, 0.05) is 23.2 Å². The fraction of sp³-hybridized carbons (Fsp3) is 0.125. The molecule has 35 heavy (non-hydrogen) atoms. The Morgan fingerprint density at radius 2 is 1.77 bits per heavy atom. The number of carboxylic acid groups (broad SMARTS) is 1. The fourth-order valence-corrected chi connectivity index (χ4v) is 4.76. The fourth-order valence-electron chi connectivity index (χ4n) is 4.24. The van der Waals surface area contributed by atoms with Gasteiger partial charge < -0.3 is 33.9 Å². The lowest BCUT2D eigenvalue weighted by molar-refractivity contribution is 0.0689. The van der Waals surface area contributed by atoms with E-state index in [1.165, 1.54) is 14.2 Å². The number of carboxylic acids is 1. The molecule has 1 aliphatic heterocycles. The van der Waals surface area contributed by atoms with Crippen molar-refractivity contribution in [1.82, 2.24) is 13.3 Å². The van der Waals surface area contributed by atoms with Crippen LogP contribution in [0.4, 0.5) is 11.4 Å². The van der Waals surface area contributed by atoms with Crippen LogP contribution < -0.4 is 24.3 Å². The zero-order chi connectivity index (χ0) is 24.1. The van der Waals surface area contributed by atoms with Crippen molar-refractivity contribution < 1.29 is 28.8 Å². The number of rotatable bonds is 6. The Balaban J connectivity index is 1.63. The van der Waals surface area contributed by atoms with E-state index in [1.54, 1.807) is 34.9 Å². The van der Waals surface area contributed by atoms with E-state index < -0.39 is 5.97 Å². The normalized spacial score (nSPS) is 12.3. The molecule has 0 amide bonds. The van der Waals surface area contributed by atoms with Gasteiger partial charge in [0.15, 0.2) is 28.7 Å². The number of anilines is 2. The van der Waals surface area contributed by atoms with Crippen molar-refractivity contribution in [2.45, 2.75) is 0 Å². The Labute approximate surface area is 202 Å². The summed E-state index contributed by atoms with van der Waals surface area (Å²) in [5.74, 6) is 0.970. The lowest BCUT2D eigenvalue weighted by atomic mass is 10.1. The summed E-state index contributed by atoms with van der Waals surface area (Å²) in [7, 11) is 3.07. The van der Waals surface area contributed by atoms with Crippen LogP contribution in [0.5, 0.6) is 23.0 Å². The van der Waals surface area contributed by atoms with Crippen molar-refractivity contribution >= 4 is 51.0 Å². The molecule has 2 aromatic heterocycles. The van der Waals surface area contributed by atoms with E-state index in [4.69, 9.17) is 18.9 Å². The van der Waals surface area contributed by atoms with Crippen LogP contribution in [-0.2, 0) is 0 Å². The first-order valence-electron chi connectivity index (χ1n) is 10.5. The SMILES string of the molecule is COc1cc2c(Nc3ccc4nsnc4c3)c(C(=O)O)n(-c3ccc4c(c3)OCO4)c2cc1OC. The minimum Gasteiger partial charge on any atom is -0.493 e. The minimum absolute atomic E-state index is 0.0330. The smallest absolute Gasteiger partial charge is 0.355 e. The van der Waals surface area contributed by atoms with Gasteiger partial charge >= 0.3 is 5.97 Å². The van der Waals surface area contributed by atoms with E-state index in [9.17, 15) is 9.90 Å². The van der Waals surface area contributed by atoms with Crippen LogP contribution in [0.1, 0.15) is 10.5 Å². The van der Waals surface area contributed by atoms with Crippen LogP contribution >= 0.6 is 11.7 Å². The lowest BCUT2D eigenvalue weighted by Crippen LogP contribution is -2.09. The summed E-state index contributed by atoms with van der Waals surface area (Å²) in [6, 6.07) is 14.3. The summed E-state index contributed by atoms with van der Waals surface area (Å²) in [5.41, 5.74) is 3.80. The first kappa shape index (κ1) is 21.1. The third-order valence-corrected chi connectivity index (χ3v) is 6.37. The van der Waals surface area contributed by atoms with E-state index in [-0.39, 0.29) is 12.5 Å². The van der Waals surface area contributed by atoms with Gasteiger partial charge in [-0.25, -0.2) is 4.79 Å². The first-order chi connectivity index (χ1) is 17.1. The van der Waals surface area contributed by atoms with Crippen molar-refractivity contribution in [3.8, 4) is 28.7 Å². The Morgan fingerprint density at radius 3 is 2.57 bits per heavy atom. The molecule has 0 aliphatic carbocycles. The van der Waals surface area contributed by atoms with E-state index in [0.29, 0.717) is 51.0 Å². The zero-order valence-corrected chi connectivity index (χ0v) is 19.4. The van der Waals surface area contributed by atoms with Crippen LogP contribution in [0.15, 0.2) is 48.5 Å². The first-order valence-corrected chi connectivity index (χ1v) is 11.2. The monoisotopic (exact) mass is 490 g/mol. The topological polar surface area (TPSA) is 117 Å². The average Bonchev–Trinajstić information content (AvgIpc) is 3.59. The van der Waals surface area contributed by atoms with Gasteiger partial charge in [-0.3, -0.25) is 0 Å². The molecule has 0 saturated heterocycles. The van der Waals surface area contributed by atoms with Crippen molar-refractivity contribution in [2.75, 3.05) is 26.3 Å². The highest BCUT2D eigenvalue weighted by molar-refractivity contribution is 7.00. The molecule has 0 fully saturated rings. The number of aromatic carboxylic acids is 1. The third kappa shape index (κ3) is 3.36. The molecule has 1 aliphatic rings. The molecule has 0 spiro atoms. The number of nitrogens with one attached hydrogen (secondary N) is 1. The lowest BCUT2D eigenvalue weighted by Gasteiger charge is -2.11. The number of ether oxygens (including phenoxy) is 4. The van der Waals surface area contributed by atoms with Crippen LogP contribution in [-0.4, -0.2) is 45.4 Å². The molecule has 176 valence electrons. The molecule has 5 aromatic rings. The number of aromatic nitrogens is 3. The van der Waals surface area contributed by atoms with E-state index in [1.807, 2.05) is 18.2 Å². The van der Waals surface area contributed by atoms with Gasteiger partial charge in [0.2, 0.25) is 6.79 Å². The number of fused-ring (bicyclic) bond motifs is 3. The molecule has 0 atom stereocenters. The van der Waals surface area contributed by atoms with Crippen molar-refractivity contribution in [1.29, 1.82) is 0 Å². The van der Waals surface area contributed by atoms with Crippen LogP contribution in [0.25, 0.3) is 27.6 Å². The van der Waals surface area contributed by atoms with E-state index in [2.05, 4.69) is 14.1 Å². The molecule has 3 heterocycles. The van der Waals surface area contributed by atoms with E-state index >= 15 is 0 Å². The van der Waals surface area contributed by atoms with Gasteiger partial charge in [0.25, 0.3) is 0 Å². The second-order valence-corrected chi connectivity index (χ2v) is 8.25. The summed E-state index contributed by atoms with van der Waals surface area (Å²) in [6.07, 6.45) is 0. The number of carbonyl (C=O) groups is 1. The highest BCUT2D eigenvalue weighted by atomic mass is 32.1. The highest BCUT2D eigenvalue weighted by Gasteiger charge is 2.27. The molecule has 2 N–H and O–H groups in total. The number of methoxy groups -OCH3 is 2. The predicted octanol–water partition coefficient (Wildman–Crippen LogP) is 4.82. The van der Waals surface area contributed by atoms with Crippen molar-refractivity contribution in [2.24, 2.45) is 0 Å². The standard InChI is InChI=1S/C24H18N4O6S/c1-31-19-9-14-17(10-20(19)32-2)28(13-4-6-18-21(8-13)34-11-33-18)23(24(29)30)22(14)25-12-3-5-15-16(7-12)27-35-26-15/h3-10,25H,11H2,1-2H3,(H,29,30). The Morgan fingerprint density at radius 1 is 1.00 bits per heavy atom. The minimum atomic E-state index is -1.12. The van der Waals surface area contributed by atoms with Gasteiger partial charge in [-0.05, 0) is 36.4 Å². The second kappa shape index (κ2) is 8.06. The molecular weight excluding hydrogens is 472 g/mol. The molecule has 3 aromatic carbocycles. The Hall–Kier alpha value is -4.51. The van der Waals surface area contributed by atoms with Gasteiger partial charge in [-0.2, -0.15) is 8.75 Å². The largest absolute Gasteiger partial charge is 0.493 e. The van der Waals surface area contributed by atoms with Gasteiger partial charge in [0.05, 0.1) is 42.8 Å². The molecule has 6 rings (SSSR count). The Bertz CT molecular complexity index is 1630. The van der Waals surface area contributed by atoms with Crippen LogP contribution in [0.3, 0.4) is 0 Å². The van der Waals surface area contributed by atoms with Gasteiger partial charge in [0.1, 0.15) is 11.0 Å². The summed E-state index contributed by atoms with van der Waals surface area (Å²) in [6.45, 7) is 0.114. The Kier molecular flexibility index (Phi) is 4.85. The van der Waals surface area contributed by atoms with E-state index in [0.717, 1.165) is 22.8 Å². The van der Waals surface area contributed by atoms with Gasteiger partial charge in [-0.1, -0.05) is 0 Å². The quantitative estimate of drug-likeness (QED) is 0.345. The van der Waals surface area contributed by atoms with Gasteiger partial charge in [-0.15, -0.1) is 0 Å². The molecule has 11 heteroatoms. The number of nitrogens with zero attached hydrogens (tertiary/aromatic N) is 3. The molecule has 0 bridgehead atoms. The maximum Gasteiger partial charge on any atom is 0.355 e. The number of hydrogen-bond donors (Lipinski definition) is 2. The zero-order valence-electron chi connectivity index (χ0n) is 18.6. The molecule has 0 radical (unpaired) electrons. The summed E-state index contributed by atoms with van der Waals surface area (Å²) >= 11 is 1.12. The second-order valence-electron chi connectivity index (χ2n) is 7.72. The molecule has 0 unspecified atom stereocenters. The molecular formula is C24H18N4O6S. The summed E-state index contributed by atoms with van der Waals surface area (Å²) in [4.78, 5) is 12.7. The number of benzene rings is 3. The molecule has 0 saturated carbocycles. The number of hydrogen-bond acceptors (Lipinski definition) is 9. The highest BCUT2D eigenvalue weighted by Crippen LogP contribution is 2.43.